The molecule has 2 rings (SSSR count). The Kier molecular flexibility index (Phi) is 5.32. The van der Waals surface area contributed by atoms with Gasteiger partial charge in [0.05, 0.1) is 13.7 Å². The van der Waals surface area contributed by atoms with Gasteiger partial charge >= 0.3 is 0 Å². The second-order valence-corrected chi connectivity index (χ2v) is 4.51. The van der Waals surface area contributed by atoms with E-state index in [-0.39, 0.29) is 24.2 Å². The second kappa shape index (κ2) is 7.21. The number of hydrogen-bond donors (Lipinski definition) is 1. The molecule has 0 fully saturated rings. The molecule has 0 saturated heterocycles. The van der Waals surface area contributed by atoms with E-state index in [9.17, 15) is 0 Å². The standard InChI is InChI=1S/C14H15ClN2O4/c1-19-8-13-16-12(15)6-14(17-13)21-10-4-3-9(7-18)5-11(10)20-2/h3-6,18H,7-8H2,1-2H3. The fourth-order valence-electron chi connectivity index (χ4n) is 1.70. The first-order valence-electron chi connectivity index (χ1n) is 6.14. The lowest BCUT2D eigenvalue weighted by atomic mass is 10.2. The molecule has 1 aromatic heterocycles. The topological polar surface area (TPSA) is 73.7 Å². The van der Waals surface area contributed by atoms with Gasteiger partial charge in [0.15, 0.2) is 17.3 Å². The molecule has 0 radical (unpaired) electrons. The summed E-state index contributed by atoms with van der Waals surface area (Å²) in [4.78, 5) is 8.21. The average Bonchev–Trinajstić information content (AvgIpc) is 2.47. The predicted octanol–water partition coefficient (Wildman–Crippen LogP) is 2.57. The number of methoxy groups -OCH3 is 2. The Hall–Kier alpha value is -1.89. The maximum Gasteiger partial charge on any atom is 0.224 e. The Labute approximate surface area is 127 Å². The minimum absolute atomic E-state index is 0.0754. The summed E-state index contributed by atoms with van der Waals surface area (Å²) in [5.41, 5.74) is 0.722. The molecular formula is C14H15ClN2O4. The molecule has 0 saturated carbocycles. The van der Waals surface area contributed by atoms with E-state index < -0.39 is 0 Å². The number of benzene rings is 1. The average molecular weight is 311 g/mol. The largest absolute Gasteiger partial charge is 0.493 e. The maximum atomic E-state index is 9.12. The van der Waals surface area contributed by atoms with E-state index in [0.717, 1.165) is 5.56 Å². The first-order chi connectivity index (χ1) is 10.2. The minimum Gasteiger partial charge on any atom is -0.493 e. The predicted molar refractivity (Wildman–Crippen MR) is 76.7 cm³/mol. The van der Waals surface area contributed by atoms with Crippen LogP contribution in [0.1, 0.15) is 11.4 Å². The summed E-state index contributed by atoms with van der Waals surface area (Å²) in [5.74, 6) is 1.67. The SMILES string of the molecule is COCc1nc(Cl)cc(Oc2ccc(CO)cc2OC)n1. The summed E-state index contributed by atoms with van der Waals surface area (Å²) in [7, 11) is 3.06. The number of rotatable bonds is 6. The smallest absolute Gasteiger partial charge is 0.224 e. The number of aliphatic hydroxyl groups excluding tert-OH is 1. The van der Waals surface area contributed by atoms with Crippen LogP contribution in [0.3, 0.4) is 0 Å². The van der Waals surface area contributed by atoms with E-state index in [0.29, 0.717) is 17.3 Å². The van der Waals surface area contributed by atoms with Gasteiger partial charge in [-0.2, -0.15) is 4.98 Å². The van der Waals surface area contributed by atoms with E-state index in [1.54, 1.807) is 25.3 Å². The number of hydrogen-bond acceptors (Lipinski definition) is 6. The summed E-state index contributed by atoms with van der Waals surface area (Å²) in [6.45, 7) is 0.158. The van der Waals surface area contributed by atoms with Crippen LogP contribution >= 0.6 is 11.6 Å². The fourth-order valence-corrected chi connectivity index (χ4v) is 1.89. The molecule has 7 heteroatoms. The lowest BCUT2D eigenvalue weighted by Crippen LogP contribution is -2.00. The van der Waals surface area contributed by atoms with Crippen molar-refractivity contribution in [2.75, 3.05) is 14.2 Å². The van der Waals surface area contributed by atoms with Gasteiger partial charge in [-0.25, -0.2) is 4.98 Å². The van der Waals surface area contributed by atoms with Gasteiger partial charge in [0.2, 0.25) is 5.88 Å². The van der Waals surface area contributed by atoms with Crippen molar-refractivity contribution in [2.45, 2.75) is 13.2 Å². The Morgan fingerprint density at radius 2 is 1.95 bits per heavy atom. The van der Waals surface area contributed by atoms with E-state index >= 15 is 0 Å². The van der Waals surface area contributed by atoms with Crippen LogP contribution in [0, 0.1) is 0 Å². The molecule has 1 heterocycles. The number of nitrogens with zero attached hydrogens (tertiary/aromatic N) is 2. The van der Waals surface area contributed by atoms with E-state index in [1.807, 2.05) is 0 Å². The molecule has 112 valence electrons. The zero-order chi connectivity index (χ0) is 15.2. The highest BCUT2D eigenvalue weighted by molar-refractivity contribution is 6.29. The van der Waals surface area contributed by atoms with Gasteiger partial charge in [-0.3, -0.25) is 0 Å². The lowest BCUT2D eigenvalue weighted by molar-refractivity contribution is 0.177. The van der Waals surface area contributed by atoms with Gasteiger partial charge in [-0.1, -0.05) is 17.7 Å². The van der Waals surface area contributed by atoms with Crippen molar-refractivity contribution in [1.29, 1.82) is 0 Å². The second-order valence-electron chi connectivity index (χ2n) is 4.12. The van der Waals surface area contributed by atoms with Gasteiger partial charge in [0.25, 0.3) is 0 Å². The third-order valence-electron chi connectivity index (χ3n) is 2.62. The van der Waals surface area contributed by atoms with Gasteiger partial charge in [0, 0.05) is 13.2 Å². The van der Waals surface area contributed by atoms with Crippen LogP contribution in [0.25, 0.3) is 0 Å². The van der Waals surface area contributed by atoms with Crippen LogP contribution in [0.15, 0.2) is 24.3 Å². The normalized spacial score (nSPS) is 10.5. The van der Waals surface area contributed by atoms with Crippen molar-refractivity contribution in [3.8, 4) is 17.4 Å². The third-order valence-corrected chi connectivity index (χ3v) is 2.81. The Morgan fingerprint density at radius 1 is 1.14 bits per heavy atom. The van der Waals surface area contributed by atoms with Gasteiger partial charge in [-0.05, 0) is 17.7 Å². The Bertz CT molecular complexity index is 622. The number of aliphatic hydroxyl groups is 1. The summed E-state index contributed by atoms with van der Waals surface area (Å²) in [6.07, 6.45) is 0. The first kappa shape index (κ1) is 15.5. The zero-order valence-corrected chi connectivity index (χ0v) is 12.4. The van der Waals surface area contributed by atoms with Crippen LogP contribution in [-0.2, 0) is 18.0 Å². The molecule has 0 unspecified atom stereocenters. The van der Waals surface area contributed by atoms with E-state index in [1.165, 1.54) is 13.2 Å². The molecule has 0 spiro atoms. The van der Waals surface area contributed by atoms with Crippen molar-refractivity contribution >= 4 is 11.6 Å². The minimum atomic E-state index is -0.0754. The molecule has 2 aromatic rings. The van der Waals surface area contributed by atoms with Gasteiger partial charge in [0.1, 0.15) is 11.8 Å². The quantitative estimate of drug-likeness (QED) is 0.827. The summed E-state index contributed by atoms with van der Waals surface area (Å²) in [6, 6.07) is 6.61. The van der Waals surface area contributed by atoms with E-state index in [2.05, 4.69) is 9.97 Å². The van der Waals surface area contributed by atoms with Crippen LogP contribution in [-0.4, -0.2) is 29.3 Å². The Balaban J connectivity index is 2.29. The molecule has 0 atom stereocenters. The fraction of sp³-hybridized carbons (Fsp3) is 0.286. The summed E-state index contributed by atoms with van der Waals surface area (Å²) < 4.78 is 15.9. The summed E-state index contributed by atoms with van der Waals surface area (Å²) >= 11 is 5.92. The van der Waals surface area contributed by atoms with Crippen molar-refractivity contribution in [2.24, 2.45) is 0 Å². The number of ether oxygens (including phenoxy) is 3. The molecule has 0 bridgehead atoms. The highest BCUT2D eigenvalue weighted by atomic mass is 35.5. The molecule has 0 aliphatic rings. The highest BCUT2D eigenvalue weighted by Gasteiger charge is 2.10. The van der Waals surface area contributed by atoms with Crippen LogP contribution < -0.4 is 9.47 Å². The monoisotopic (exact) mass is 310 g/mol. The van der Waals surface area contributed by atoms with E-state index in [4.69, 9.17) is 30.9 Å². The molecule has 6 nitrogen and oxygen atoms in total. The van der Waals surface area contributed by atoms with Crippen molar-refractivity contribution in [3.63, 3.8) is 0 Å². The maximum absolute atomic E-state index is 9.12. The highest BCUT2D eigenvalue weighted by Crippen LogP contribution is 2.32. The van der Waals surface area contributed by atoms with Gasteiger partial charge < -0.3 is 19.3 Å². The lowest BCUT2D eigenvalue weighted by Gasteiger charge is -2.11. The zero-order valence-electron chi connectivity index (χ0n) is 11.7. The van der Waals surface area contributed by atoms with Gasteiger partial charge in [-0.15, -0.1) is 0 Å². The Morgan fingerprint density at radius 3 is 2.62 bits per heavy atom. The first-order valence-corrected chi connectivity index (χ1v) is 6.52. The molecule has 0 aliphatic carbocycles. The van der Waals surface area contributed by atoms with Crippen molar-refractivity contribution < 1.29 is 19.3 Å². The molecule has 1 N–H and O–H groups in total. The van der Waals surface area contributed by atoms with Crippen LogP contribution in [0.4, 0.5) is 0 Å². The third kappa shape index (κ3) is 4.04. The van der Waals surface area contributed by atoms with Crippen molar-refractivity contribution in [3.05, 3.63) is 40.8 Å². The molecule has 21 heavy (non-hydrogen) atoms. The molecule has 1 aromatic carbocycles. The van der Waals surface area contributed by atoms with Crippen LogP contribution in [0.2, 0.25) is 5.15 Å². The van der Waals surface area contributed by atoms with Crippen molar-refractivity contribution in [1.82, 2.24) is 9.97 Å². The molecule has 0 amide bonds. The molecular weight excluding hydrogens is 296 g/mol. The van der Waals surface area contributed by atoms with Crippen LogP contribution in [0.5, 0.6) is 17.4 Å². The summed E-state index contributed by atoms with van der Waals surface area (Å²) in [5, 5.41) is 9.38. The molecule has 0 aliphatic heterocycles. The number of halogens is 1. The number of aromatic nitrogens is 2.